The number of hydrogen-bond donors (Lipinski definition) is 2. The number of nitrogen functional groups attached to an aromatic ring is 1. The Hall–Kier alpha value is -3.39. The molecule has 0 aliphatic heterocycles. The Bertz CT molecular complexity index is 1120. The third kappa shape index (κ3) is 3.22. The number of fused-ring (bicyclic) bond motifs is 1. The van der Waals surface area contributed by atoms with Gasteiger partial charge in [0, 0.05) is 11.8 Å². The molecule has 0 aliphatic rings. The van der Waals surface area contributed by atoms with Gasteiger partial charge in [0.2, 0.25) is 0 Å². The van der Waals surface area contributed by atoms with Crippen molar-refractivity contribution in [2.24, 2.45) is 0 Å². The van der Waals surface area contributed by atoms with Crippen molar-refractivity contribution in [2.75, 3.05) is 5.73 Å². The number of nitrogens with zero attached hydrogens (tertiary/aromatic N) is 5. The number of nitrogens with two attached hydrogens (primary N) is 1. The summed E-state index contributed by atoms with van der Waals surface area (Å²) in [5.41, 5.74) is 9.40. The van der Waals surface area contributed by atoms with Gasteiger partial charge in [0.25, 0.3) is 0 Å². The van der Waals surface area contributed by atoms with Gasteiger partial charge in [-0.05, 0) is 24.1 Å². The highest BCUT2D eigenvalue weighted by Gasteiger charge is 2.18. The SMILES string of the molecule is Cc1nc(N)c2nc(-c3cncc(F)c3)n(Cc3ccc(CO)cc3)c2n1. The lowest BCUT2D eigenvalue weighted by molar-refractivity contribution is 0.282. The molecule has 4 rings (SSSR count). The van der Waals surface area contributed by atoms with Crippen molar-refractivity contribution in [2.45, 2.75) is 20.1 Å². The van der Waals surface area contributed by atoms with E-state index in [0.29, 0.717) is 34.9 Å². The van der Waals surface area contributed by atoms with Crippen LogP contribution in [0.2, 0.25) is 0 Å². The normalized spacial score (nSPS) is 11.2. The number of benzene rings is 1. The van der Waals surface area contributed by atoms with Crippen molar-refractivity contribution in [3.63, 3.8) is 0 Å². The average molecular weight is 364 g/mol. The largest absolute Gasteiger partial charge is 0.392 e. The lowest BCUT2D eigenvalue weighted by Gasteiger charge is -2.10. The third-order valence-corrected chi connectivity index (χ3v) is 4.24. The number of anilines is 1. The summed E-state index contributed by atoms with van der Waals surface area (Å²) in [7, 11) is 0. The van der Waals surface area contributed by atoms with Crippen molar-refractivity contribution in [1.82, 2.24) is 24.5 Å². The summed E-state index contributed by atoms with van der Waals surface area (Å²) in [6.07, 6.45) is 2.69. The van der Waals surface area contributed by atoms with E-state index in [1.807, 2.05) is 28.8 Å². The van der Waals surface area contributed by atoms with Crippen LogP contribution in [0.25, 0.3) is 22.6 Å². The van der Waals surface area contributed by atoms with Crippen LogP contribution in [0.3, 0.4) is 0 Å². The van der Waals surface area contributed by atoms with E-state index >= 15 is 0 Å². The lowest BCUT2D eigenvalue weighted by Crippen LogP contribution is -2.05. The summed E-state index contributed by atoms with van der Waals surface area (Å²) in [6, 6.07) is 8.92. The highest BCUT2D eigenvalue weighted by atomic mass is 19.1. The molecule has 0 atom stereocenters. The van der Waals surface area contributed by atoms with E-state index in [1.54, 1.807) is 13.1 Å². The van der Waals surface area contributed by atoms with E-state index in [0.717, 1.165) is 17.3 Å². The van der Waals surface area contributed by atoms with Crippen LogP contribution in [0.15, 0.2) is 42.7 Å². The van der Waals surface area contributed by atoms with Gasteiger partial charge in [0.1, 0.15) is 17.5 Å². The van der Waals surface area contributed by atoms with Crippen LogP contribution in [-0.2, 0) is 13.2 Å². The zero-order valence-corrected chi connectivity index (χ0v) is 14.6. The minimum atomic E-state index is -0.450. The monoisotopic (exact) mass is 364 g/mol. The molecule has 1 aromatic carbocycles. The zero-order chi connectivity index (χ0) is 19.0. The van der Waals surface area contributed by atoms with Crippen LogP contribution in [0.4, 0.5) is 10.2 Å². The average Bonchev–Trinajstić information content (AvgIpc) is 3.01. The van der Waals surface area contributed by atoms with E-state index in [9.17, 15) is 9.50 Å². The summed E-state index contributed by atoms with van der Waals surface area (Å²) in [5.74, 6) is 0.863. The van der Waals surface area contributed by atoms with Crippen molar-refractivity contribution < 1.29 is 9.50 Å². The van der Waals surface area contributed by atoms with Gasteiger partial charge in [-0.25, -0.2) is 19.3 Å². The van der Waals surface area contributed by atoms with Gasteiger partial charge < -0.3 is 15.4 Å². The highest BCUT2D eigenvalue weighted by Crippen LogP contribution is 2.27. The fourth-order valence-corrected chi connectivity index (χ4v) is 2.97. The van der Waals surface area contributed by atoms with E-state index in [2.05, 4.69) is 19.9 Å². The Kier molecular flexibility index (Phi) is 4.25. The molecule has 8 heteroatoms. The topological polar surface area (TPSA) is 103 Å². The molecule has 0 amide bonds. The first-order chi connectivity index (χ1) is 13.0. The van der Waals surface area contributed by atoms with Crippen LogP contribution in [-0.4, -0.2) is 29.6 Å². The van der Waals surface area contributed by atoms with E-state index in [1.165, 1.54) is 6.07 Å². The van der Waals surface area contributed by atoms with Gasteiger partial charge in [-0.15, -0.1) is 0 Å². The predicted octanol–water partition coefficient (Wildman–Crippen LogP) is 2.46. The van der Waals surface area contributed by atoms with Gasteiger partial charge in [-0.3, -0.25) is 4.98 Å². The maximum Gasteiger partial charge on any atom is 0.166 e. The molecule has 0 aliphatic carbocycles. The molecule has 3 aromatic heterocycles. The number of aliphatic hydroxyl groups excluding tert-OH is 1. The van der Waals surface area contributed by atoms with Crippen molar-refractivity contribution >= 4 is 17.0 Å². The Morgan fingerprint density at radius 3 is 2.52 bits per heavy atom. The zero-order valence-electron chi connectivity index (χ0n) is 14.6. The molecule has 7 nitrogen and oxygen atoms in total. The van der Waals surface area contributed by atoms with Gasteiger partial charge in [-0.2, -0.15) is 0 Å². The molecular formula is C19H17FN6O. The summed E-state index contributed by atoms with van der Waals surface area (Å²) in [6.45, 7) is 2.19. The van der Waals surface area contributed by atoms with Crippen LogP contribution >= 0.6 is 0 Å². The third-order valence-electron chi connectivity index (χ3n) is 4.24. The van der Waals surface area contributed by atoms with E-state index in [4.69, 9.17) is 5.73 Å². The number of aromatic nitrogens is 5. The molecule has 136 valence electrons. The van der Waals surface area contributed by atoms with E-state index < -0.39 is 5.82 Å². The first-order valence-corrected chi connectivity index (χ1v) is 8.35. The summed E-state index contributed by atoms with van der Waals surface area (Å²) >= 11 is 0. The smallest absolute Gasteiger partial charge is 0.166 e. The number of aliphatic hydroxyl groups is 1. The summed E-state index contributed by atoms with van der Waals surface area (Å²) in [5, 5.41) is 9.22. The molecular weight excluding hydrogens is 347 g/mol. The van der Waals surface area contributed by atoms with Crippen molar-refractivity contribution in [1.29, 1.82) is 0 Å². The van der Waals surface area contributed by atoms with Gasteiger partial charge in [0.15, 0.2) is 17.0 Å². The molecule has 0 bridgehead atoms. The predicted molar refractivity (Wildman–Crippen MR) is 99.1 cm³/mol. The summed E-state index contributed by atoms with van der Waals surface area (Å²) in [4.78, 5) is 17.1. The fourth-order valence-electron chi connectivity index (χ4n) is 2.97. The van der Waals surface area contributed by atoms with Crippen LogP contribution in [0.1, 0.15) is 17.0 Å². The van der Waals surface area contributed by atoms with E-state index in [-0.39, 0.29) is 12.4 Å². The van der Waals surface area contributed by atoms with Crippen molar-refractivity contribution in [3.05, 3.63) is 65.5 Å². The molecule has 0 spiro atoms. The molecule has 3 N–H and O–H groups in total. The number of pyridine rings is 1. The summed E-state index contributed by atoms with van der Waals surface area (Å²) < 4.78 is 15.6. The number of rotatable bonds is 4. The molecule has 0 saturated carbocycles. The highest BCUT2D eigenvalue weighted by molar-refractivity contribution is 5.85. The van der Waals surface area contributed by atoms with Gasteiger partial charge in [-0.1, -0.05) is 24.3 Å². The number of imidazole rings is 1. The molecule has 0 radical (unpaired) electrons. The Morgan fingerprint density at radius 2 is 1.81 bits per heavy atom. The molecule has 27 heavy (non-hydrogen) atoms. The maximum atomic E-state index is 13.7. The molecule has 0 saturated heterocycles. The Morgan fingerprint density at radius 1 is 1.07 bits per heavy atom. The Balaban J connectivity index is 1.91. The molecule has 4 aromatic rings. The molecule has 3 heterocycles. The van der Waals surface area contributed by atoms with Crippen LogP contribution in [0, 0.1) is 12.7 Å². The van der Waals surface area contributed by atoms with Crippen LogP contribution in [0.5, 0.6) is 0 Å². The standard InChI is InChI=1S/C19H17FN6O/c1-11-23-17(21)16-19(24-11)26(9-12-2-4-13(10-27)5-3-12)18(25-16)14-6-15(20)8-22-7-14/h2-8,27H,9-10H2,1H3,(H2,21,23,24). The number of halogens is 1. The molecule has 0 unspecified atom stereocenters. The minimum absolute atomic E-state index is 0.0164. The first-order valence-electron chi connectivity index (χ1n) is 8.35. The first kappa shape index (κ1) is 17.0. The minimum Gasteiger partial charge on any atom is -0.392 e. The number of hydrogen-bond acceptors (Lipinski definition) is 6. The quantitative estimate of drug-likeness (QED) is 0.577. The van der Waals surface area contributed by atoms with Gasteiger partial charge >= 0.3 is 0 Å². The van der Waals surface area contributed by atoms with Crippen LogP contribution < -0.4 is 5.73 Å². The fraction of sp³-hybridized carbons (Fsp3) is 0.158. The second-order valence-electron chi connectivity index (χ2n) is 6.22. The number of aryl methyl sites for hydroxylation is 1. The lowest BCUT2D eigenvalue weighted by atomic mass is 10.1. The Labute approximate surface area is 154 Å². The molecule has 0 fully saturated rings. The van der Waals surface area contributed by atoms with Gasteiger partial charge in [0.05, 0.1) is 19.3 Å². The van der Waals surface area contributed by atoms with Crippen molar-refractivity contribution in [3.8, 4) is 11.4 Å². The second-order valence-corrected chi connectivity index (χ2v) is 6.22. The maximum absolute atomic E-state index is 13.7. The second kappa shape index (κ2) is 6.73.